The monoisotopic (exact) mass is 339 g/mol. The zero-order valence-electron chi connectivity index (χ0n) is 15.4. The van der Waals surface area contributed by atoms with Crippen LogP contribution in [0.3, 0.4) is 0 Å². The minimum absolute atomic E-state index is 0.330. The van der Waals surface area contributed by atoms with Crippen LogP contribution in [-0.2, 0) is 19.4 Å². The first-order valence-electron chi connectivity index (χ1n) is 9.16. The third-order valence-corrected chi connectivity index (χ3v) is 4.89. The van der Waals surface area contributed by atoms with Crippen molar-refractivity contribution >= 4 is 0 Å². The fourth-order valence-electron chi connectivity index (χ4n) is 3.69. The molecule has 0 bridgehead atoms. The SMILES string of the molecule is Cc1cncc(CN(C)C[C@H](O)CN2CCc3ccccc3CC2)c1. The second-order valence-corrected chi connectivity index (χ2v) is 7.29. The zero-order valence-corrected chi connectivity index (χ0v) is 15.4. The lowest BCUT2D eigenvalue weighted by molar-refractivity contribution is 0.0814. The third kappa shape index (κ3) is 5.36. The summed E-state index contributed by atoms with van der Waals surface area (Å²) in [6.07, 6.45) is 5.60. The number of fused-ring (bicyclic) bond motifs is 1. The molecule has 2 heterocycles. The molecular weight excluding hydrogens is 310 g/mol. The van der Waals surface area contributed by atoms with Crippen LogP contribution in [0.25, 0.3) is 0 Å². The molecule has 0 spiro atoms. The molecule has 3 rings (SSSR count). The van der Waals surface area contributed by atoms with Gasteiger partial charge in [-0.3, -0.25) is 9.88 Å². The maximum absolute atomic E-state index is 10.5. The Morgan fingerprint density at radius 2 is 1.84 bits per heavy atom. The number of aromatic nitrogens is 1. The molecule has 0 aliphatic carbocycles. The third-order valence-electron chi connectivity index (χ3n) is 4.89. The van der Waals surface area contributed by atoms with Crippen LogP contribution >= 0.6 is 0 Å². The summed E-state index contributed by atoms with van der Waals surface area (Å²) in [7, 11) is 2.06. The molecule has 0 saturated heterocycles. The lowest BCUT2D eigenvalue weighted by atomic mass is 10.0. The van der Waals surface area contributed by atoms with Gasteiger partial charge in [0.15, 0.2) is 0 Å². The zero-order chi connectivity index (χ0) is 17.6. The van der Waals surface area contributed by atoms with E-state index in [4.69, 9.17) is 0 Å². The van der Waals surface area contributed by atoms with E-state index >= 15 is 0 Å². The number of pyridine rings is 1. The van der Waals surface area contributed by atoms with Gasteiger partial charge in [-0.2, -0.15) is 0 Å². The molecule has 0 fully saturated rings. The van der Waals surface area contributed by atoms with E-state index in [1.165, 1.54) is 22.3 Å². The van der Waals surface area contributed by atoms with E-state index in [-0.39, 0.29) is 6.10 Å². The Morgan fingerprint density at radius 1 is 1.16 bits per heavy atom. The van der Waals surface area contributed by atoms with E-state index in [9.17, 15) is 5.11 Å². The average Bonchev–Trinajstić information content (AvgIpc) is 2.77. The molecule has 0 amide bonds. The van der Waals surface area contributed by atoms with Crippen LogP contribution < -0.4 is 0 Å². The molecular formula is C21H29N3O. The Balaban J connectivity index is 1.47. The summed E-state index contributed by atoms with van der Waals surface area (Å²) >= 11 is 0. The first-order chi connectivity index (χ1) is 12.1. The van der Waals surface area contributed by atoms with Crippen LogP contribution in [0.1, 0.15) is 22.3 Å². The van der Waals surface area contributed by atoms with Gasteiger partial charge in [0.1, 0.15) is 0 Å². The molecule has 2 aromatic rings. The lowest BCUT2D eigenvalue weighted by Gasteiger charge is -2.26. The largest absolute Gasteiger partial charge is 0.390 e. The van der Waals surface area contributed by atoms with Gasteiger partial charge in [0, 0.05) is 45.1 Å². The lowest BCUT2D eigenvalue weighted by Crippen LogP contribution is -2.40. The summed E-state index contributed by atoms with van der Waals surface area (Å²) in [5.41, 5.74) is 5.29. The first kappa shape index (κ1) is 18.1. The van der Waals surface area contributed by atoms with E-state index in [0.717, 1.165) is 39.0 Å². The number of aliphatic hydroxyl groups excluding tert-OH is 1. The highest BCUT2D eigenvalue weighted by Crippen LogP contribution is 2.15. The van der Waals surface area contributed by atoms with Gasteiger partial charge in [-0.15, -0.1) is 0 Å². The fourth-order valence-corrected chi connectivity index (χ4v) is 3.69. The van der Waals surface area contributed by atoms with Crippen LogP contribution in [-0.4, -0.2) is 59.2 Å². The Bertz CT molecular complexity index is 661. The van der Waals surface area contributed by atoms with Gasteiger partial charge in [0.2, 0.25) is 0 Å². The van der Waals surface area contributed by atoms with Gasteiger partial charge >= 0.3 is 0 Å². The number of likely N-dealkylation sites (N-methyl/N-ethyl adjacent to an activating group) is 1. The minimum Gasteiger partial charge on any atom is -0.390 e. The number of hydrogen-bond acceptors (Lipinski definition) is 4. The molecule has 1 aromatic carbocycles. The number of β-amino-alcohol motifs (C(OH)–C–C–N with tert-alkyl or cyclic N) is 1. The molecule has 0 unspecified atom stereocenters. The maximum atomic E-state index is 10.5. The smallest absolute Gasteiger partial charge is 0.0793 e. The van der Waals surface area contributed by atoms with Crippen molar-refractivity contribution in [3.8, 4) is 0 Å². The molecule has 1 N–H and O–H groups in total. The summed E-state index contributed by atoms with van der Waals surface area (Å²) in [6.45, 7) is 6.35. The van der Waals surface area contributed by atoms with Gasteiger partial charge in [0.05, 0.1) is 6.10 Å². The van der Waals surface area contributed by atoms with Crippen LogP contribution in [0.4, 0.5) is 0 Å². The van der Waals surface area contributed by atoms with Gasteiger partial charge in [-0.25, -0.2) is 0 Å². The van der Waals surface area contributed by atoms with E-state index in [0.29, 0.717) is 6.54 Å². The highest BCUT2D eigenvalue weighted by Gasteiger charge is 2.17. The molecule has 4 heteroatoms. The summed E-state index contributed by atoms with van der Waals surface area (Å²) < 4.78 is 0. The fraction of sp³-hybridized carbons (Fsp3) is 0.476. The number of benzene rings is 1. The number of nitrogens with zero attached hydrogens (tertiary/aromatic N) is 3. The molecule has 0 saturated carbocycles. The molecule has 1 aromatic heterocycles. The van der Waals surface area contributed by atoms with E-state index in [2.05, 4.69) is 59.1 Å². The van der Waals surface area contributed by atoms with Crippen molar-refractivity contribution in [1.82, 2.24) is 14.8 Å². The van der Waals surface area contributed by atoms with Crippen molar-refractivity contribution in [2.75, 3.05) is 33.2 Å². The highest BCUT2D eigenvalue weighted by molar-refractivity contribution is 5.28. The van der Waals surface area contributed by atoms with Crippen LogP contribution in [0.2, 0.25) is 0 Å². The molecule has 1 atom stereocenters. The standard InChI is InChI=1S/C21H29N3O/c1-17-11-18(13-22-12-17)14-23(2)15-21(25)16-24-9-7-19-5-3-4-6-20(19)8-10-24/h3-6,11-13,21,25H,7-10,14-16H2,1-2H3/t21-/m0/s1. The predicted molar refractivity (Wildman–Crippen MR) is 102 cm³/mol. The van der Waals surface area contributed by atoms with Gasteiger partial charge in [0.25, 0.3) is 0 Å². The van der Waals surface area contributed by atoms with Crippen LogP contribution in [0.5, 0.6) is 0 Å². The highest BCUT2D eigenvalue weighted by atomic mass is 16.3. The number of rotatable bonds is 6. The summed E-state index contributed by atoms with van der Waals surface area (Å²) in [4.78, 5) is 8.81. The van der Waals surface area contributed by atoms with Crippen LogP contribution in [0, 0.1) is 6.92 Å². The predicted octanol–water partition coefficient (Wildman–Crippen LogP) is 2.28. The number of aliphatic hydroxyl groups is 1. The van der Waals surface area contributed by atoms with Gasteiger partial charge in [-0.05, 0) is 49.1 Å². The van der Waals surface area contributed by atoms with Crippen molar-refractivity contribution in [1.29, 1.82) is 0 Å². The Kier molecular flexibility index (Phi) is 6.19. The molecule has 1 aliphatic rings. The summed E-state index contributed by atoms with van der Waals surface area (Å²) in [6, 6.07) is 10.9. The maximum Gasteiger partial charge on any atom is 0.0793 e. The van der Waals surface area contributed by atoms with Crippen molar-refractivity contribution in [2.24, 2.45) is 0 Å². The van der Waals surface area contributed by atoms with Crippen LogP contribution in [0.15, 0.2) is 42.7 Å². The van der Waals surface area contributed by atoms with Crippen molar-refractivity contribution in [2.45, 2.75) is 32.4 Å². The second kappa shape index (κ2) is 8.56. The Labute approximate surface area is 151 Å². The molecule has 25 heavy (non-hydrogen) atoms. The molecule has 4 nitrogen and oxygen atoms in total. The minimum atomic E-state index is -0.330. The quantitative estimate of drug-likeness (QED) is 0.876. The first-order valence-corrected chi connectivity index (χ1v) is 9.16. The number of hydrogen-bond donors (Lipinski definition) is 1. The van der Waals surface area contributed by atoms with Crippen molar-refractivity contribution in [3.63, 3.8) is 0 Å². The number of aryl methyl sites for hydroxylation is 1. The summed E-state index contributed by atoms with van der Waals surface area (Å²) in [5.74, 6) is 0. The van der Waals surface area contributed by atoms with Gasteiger partial charge in [-0.1, -0.05) is 30.3 Å². The molecule has 134 valence electrons. The van der Waals surface area contributed by atoms with E-state index < -0.39 is 0 Å². The van der Waals surface area contributed by atoms with E-state index in [1.807, 2.05) is 12.4 Å². The Hall–Kier alpha value is -1.75. The van der Waals surface area contributed by atoms with E-state index in [1.54, 1.807) is 0 Å². The molecule has 0 radical (unpaired) electrons. The average molecular weight is 339 g/mol. The van der Waals surface area contributed by atoms with Crippen molar-refractivity contribution < 1.29 is 5.11 Å². The summed E-state index contributed by atoms with van der Waals surface area (Å²) in [5, 5.41) is 10.5. The normalized spacial score (nSPS) is 16.5. The van der Waals surface area contributed by atoms with Crippen molar-refractivity contribution in [3.05, 3.63) is 65.0 Å². The molecule has 1 aliphatic heterocycles. The second-order valence-electron chi connectivity index (χ2n) is 7.29. The van der Waals surface area contributed by atoms with Gasteiger partial charge < -0.3 is 10.0 Å². The Morgan fingerprint density at radius 3 is 2.48 bits per heavy atom. The topological polar surface area (TPSA) is 39.6 Å².